The van der Waals surface area contributed by atoms with Crippen LogP contribution in [0.3, 0.4) is 0 Å². The lowest BCUT2D eigenvalue weighted by molar-refractivity contribution is 0.0260. The van der Waals surface area contributed by atoms with Gasteiger partial charge in [-0.05, 0) is 94.9 Å². The number of aryl methyl sites for hydroxylation is 1. The lowest BCUT2D eigenvalue weighted by Gasteiger charge is -2.29. The smallest absolute Gasteiger partial charge is 0.410 e. The van der Waals surface area contributed by atoms with Gasteiger partial charge in [0, 0.05) is 45.1 Å². The van der Waals surface area contributed by atoms with E-state index in [9.17, 15) is 14.4 Å². The molecule has 0 fully saturated rings. The van der Waals surface area contributed by atoms with Gasteiger partial charge in [-0.1, -0.05) is 24.3 Å². The summed E-state index contributed by atoms with van der Waals surface area (Å²) in [6.45, 7) is 13.3. The molecule has 1 N–H and O–H groups in total. The number of carbonyl (C=O) groups is 3. The number of anilines is 1. The molecular formula is C32H42N4O5. The highest BCUT2D eigenvalue weighted by Gasteiger charge is 2.26. The molecule has 0 radical (unpaired) electrons. The number of carbonyl (C=O) groups excluding carboxylic acids is 3. The van der Waals surface area contributed by atoms with Gasteiger partial charge in [0.1, 0.15) is 16.9 Å². The van der Waals surface area contributed by atoms with Crippen molar-refractivity contribution in [1.29, 1.82) is 0 Å². The van der Waals surface area contributed by atoms with Crippen LogP contribution in [0.25, 0.3) is 11.1 Å². The van der Waals surface area contributed by atoms with E-state index >= 15 is 0 Å². The second-order valence-corrected chi connectivity index (χ2v) is 12.6. The molecule has 2 aliphatic heterocycles. The van der Waals surface area contributed by atoms with Crippen LogP contribution >= 0.6 is 0 Å². The lowest BCUT2D eigenvalue weighted by atomic mass is 9.99. The Bertz CT molecular complexity index is 1360. The number of hydrogen-bond donors (Lipinski definition) is 1. The fourth-order valence-corrected chi connectivity index (χ4v) is 4.78. The zero-order valence-corrected chi connectivity index (χ0v) is 25.2. The van der Waals surface area contributed by atoms with E-state index in [1.54, 1.807) is 9.80 Å². The minimum Gasteiger partial charge on any atom is -0.444 e. The lowest BCUT2D eigenvalue weighted by Crippen LogP contribution is -2.39. The monoisotopic (exact) mass is 562 g/mol. The first-order chi connectivity index (χ1) is 19.2. The van der Waals surface area contributed by atoms with Crippen LogP contribution in [0.5, 0.6) is 0 Å². The Morgan fingerprint density at radius 2 is 1.24 bits per heavy atom. The molecule has 0 unspecified atom stereocenters. The SMILES string of the molecule is Cn1cc(C2=CCN(C(=O)OC(C)(C)C)CC2)cc1C(=O)Nc1ccc(C2=CCN(C(=O)OC(C)(C)C)CC2)cc1. The highest BCUT2D eigenvalue weighted by molar-refractivity contribution is 6.04. The van der Waals surface area contributed by atoms with Crippen LogP contribution in [-0.4, -0.2) is 69.8 Å². The number of rotatable bonds is 4. The van der Waals surface area contributed by atoms with E-state index in [4.69, 9.17) is 9.47 Å². The number of nitrogens with one attached hydrogen (secondary N) is 1. The Balaban J connectivity index is 1.34. The third kappa shape index (κ3) is 8.02. The molecule has 0 spiro atoms. The Morgan fingerprint density at radius 1 is 0.756 bits per heavy atom. The van der Waals surface area contributed by atoms with Crippen LogP contribution in [0.2, 0.25) is 0 Å². The minimum absolute atomic E-state index is 0.192. The van der Waals surface area contributed by atoms with E-state index in [0.717, 1.165) is 23.1 Å². The maximum atomic E-state index is 13.1. The normalized spacial score (nSPS) is 16.1. The molecule has 0 bridgehead atoms. The predicted molar refractivity (Wildman–Crippen MR) is 161 cm³/mol. The maximum Gasteiger partial charge on any atom is 0.410 e. The van der Waals surface area contributed by atoms with Crippen LogP contribution in [0.1, 0.15) is 76.0 Å². The summed E-state index contributed by atoms with van der Waals surface area (Å²) in [5.41, 5.74) is 4.53. The molecule has 3 heterocycles. The summed E-state index contributed by atoms with van der Waals surface area (Å²) >= 11 is 0. The molecule has 2 aromatic rings. The van der Waals surface area contributed by atoms with Crippen molar-refractivity contribution in [2.45, 2.75) is 65.6 Å². The molecule has 1 aromatic carbocycles. The van der Waals surface area contributed by atoms with Crippen molar-refractivity contribution in [1.82, 2.24) is 14.4 Å². The van der Waals surface area contributed by atoms with Gasteiger partial charge in [-0.15, -0.1) is 0 Å². The highest BCUT2D eigenvalue weighted by Crippen LogP contribution is 2.27. The Hall–Kier alpha value is -4.01. The molecular weight excluding hydrogens is 520 g/mol. The molecule has 0 atom stereocenters. The molecule has 220 valence electrons. The molecule has 1 aromatic heterocycles. The van der Waals surface area contributed by atoms with Crippen LogP contribution in [-0.2, 0) is 16.5 Å². The van der Waals surface area contributed by atoms with Gasteiger partial charge in [0.2, 0.25) is 0 Å². The van der Waals surface area contributed by atoms with Gasteiger partial charge in [-0.25, -0.2) is 9.59 Å². The molecule has 4 rings (SSSR count). The van der Waals surface area contributed by atoms with Crippen molar-refractivity contribution in [2.75, 3.05) is 31.5 Å². The van der Waals surface area contributed by atoms with E-state index in [1.807, 2.05) is 95.8 Å². The molecule has 9 heteroatoms. The quantitative estimate of drug-likeness (QED) is 0.470. The fraction of sp³-hybridized carbons (Fsp3) is 0.469. The topological polar surface area (TPSA) is 93.1 Å². The Kier molecular flexibility index (Phi) is 8.66. The van der Waals surface area contributed by atoms with Gasteiger partial charge in [0.05, 0.1) is 0 Å². The van der Waals surface area contributed by atoms with Crippen molar-refractivity contribution in [3.63, 3.8) is 0 Å². The maximum absolute atomic E-state index is 13.1. The second-order valence-electron chi connectivity index (χ2n) is 12.6. The van der Waals surface area contributed by atoms with Crippen LogP contribution in [0.15, 0.2) is 48.7 Å². The summed E-state index contributed by atoms with van der Waals surface area (Å²) in [4.78, 5) is 41.2. The van der Waals surface area contributed by atoms with Gasteiger partial charge >= 0.3 is 12.2 Å². The van der Waals surface area contributed by atoms with E-state index in [1.165, 1.54) is 5.57 Å². The zero-order valence-electron chi connectivity index (χ0n) is 25.2. The largest absolute Gasteiger partial charge is 0.444 e. The van der Waals surface area contributed by atoms with Gasteiger partial charge in [-0.2, -0.15) is 0 Å². The average Bonchev–Trinajstić information content (AvgIpc) is 3.29. The van der Waals surface area contributed by atoms with E-state index < -0.39 is 11.2 Å². The van der Waals surface area contributed by atoms with Crippen LogP contribution < -0.4 is 5.32 Å². The zero-order chi connectivity index (χ0) is 29.9. The minimum atomic E-state index is -0.526. The molecule has 2 aliphatic rings. The summed E-state index contributed by atoms with van der Waals surface area (Å²) in [6.07, 6.45) is 6.85. The standard InChI is InChI=1S/C32H42N4O5/c1-31(2,3)40-29(38)35-16-12-23(13-17-35)22-8-10-26(11-9-22)33-28(37)27-20-25(21-34(27)7)24-14-18-36(19-15-24)30(39)41-32(4,5)6/h8-12,14,20-21H,13,15-19H2,1-7H3,(H,33,37). The first-order valence-corrected chi connectivity index (χ1v) is 14.1. The Labute approximate surface area is 242 Å². The summed E-state index contributed by atoms with van der Waals surface area (Å²) in [5, 5.41) is 3.00. The van der Waals surface area contributed by atoms with E-state index in [2.05, 4.69) is 11.4 Å². The van der Waals surface area contributed by atoms with Crippen molar-refractivity contribution in [3.05, 3.63) is 65.5 Å². The van der Waals surface area contributed by atoms with Gasteiger partial charge in [0.25, 0.3) is 5.91 Å². The number of amides is 3. The highest BCUT2D eigenvalue weighted by atomic mass is 16.6. The first kappa shape index (κ1) is 30.0. The van der Waals surface area contributed by atoms with Gasteiger partial charge in [0.15, 0.2) is 0 Å². The molecule has 0 saturated heterocycles. The second kappa shape index (κ2) is 11.8. The van der Waals surface area contributed by atoms with E-state index in [-0.39, 0.29) is 18.1 Å². The van der Waals surface area contributed by atoms with Crippen molar-refractivity contribution >= 4 is 34.9 Å². The fourth-order valence-electron chi connectivity index (χ4n) is 4.78. The summed E-state index contributed by atoms with van der Waals surface area (Å²) in [6, 6.07) is 9.66. The summed E-state index contributed by atoms with van der Waals surface area (Å²) < 4.78 is 12.8. The van der Waals surface area contributed by atoms with Crippen molar-refractivity contribution < 1.29 is 23.9 Å². The van der Waals surface area contributed by atoms with Gasteiger partial charge in [-0.3, -0.25) is 4.79 Å². The van der Waals surface area contributed by atoms with Crippen molar-refractivity contribution in [2.24, 2.45) is 7.05 Å². The number of nitrogens with zero attached hydrogens (tertiary/aromatic N) is 3. The van der Waals surface area contributed by atoms with Crippen LogP contribution in [0.4, 0.5) is 15.3 Å². The number of hydrogen-bond acceptors (Lipinski definition) is 5. The first-order valence-electron chi connectivity index (χ1n) is 14.1. The number of ether oxygens (including phenoxy) is 2. The summed E-state index contributed by atoms with van der Waals surface area (Å²) in [5.74, 6) is -0.192. The van der Waals surface area contributed by atoms with Gasteiger partial charge < -0.3 is 29.2 Å². The predicted octanol–water partition coefficient (Wildman–Crippen LogP) is 6.33. The molecule has 0 aliphatic carbocycles. The molecule has 3 amide bonds. The van der Waals surface area contributed by atoms with E-state index in [0.29, 0.717) is 44.0 Å². The Morgan fingerprint density at radius 3 is 1.68 bits per heavy atom. The third-order valence-electron chi connectivity index (χ3n) is 6.84. The number of benzene rings is 1. The molecule has 41 heavy (non-hydrogen) atoms. The number of aromatic nitrogens is 1. The summed E-state index contributed by atoms with van der Waals surface area (Å²) in [7, 11) is 1.86. The molecule has 0 saturated carbocycles. The van der Waals surface area contributed by atoms with Crippen molar-refractivity contribution in [3.8, 4) is 0 Å². The third-order valence-corrected chi connectivity index (χ3v) is 6.84. The van der Waals surface area contributed by atoms with Crippen LogP contribution in [0, 0.1) is 0 Å². The average molecular weight is 563 g/mol. The molecule has 9 nitrogen and oxygen atoms in total.